The van der Waals surface area contributed by atoms with Crippen LogP contribution in [-0.2, 0) is 0 Å². The third kappa shape index (κ3) is 2.94. The number of ether oxygens (including phenoxy) is 1. The third-order valence-corrected chi connectivity index (χ3v) is 6.66. The van der Waals surface area contributed by atoms with Gasteiger partial charge in [0, 0.05) is 32.7 Å². The van der Waals surface area contributed by atoms with Gasteiger partial charge in [0.2, 0.25) is 0 Å². The number of hydrogen-bond donors (Lipinski definition) is 1. The molecule has 4 rings (SSSR count). The number of likely N-dealkylation sites (tertiary alicyclic amines) is 1. The topological polar surface area (TPSA) is 44.8 Å². The molecule has 0 spiro atoms. The number of anilines is 1. The van der Waals surface area contributed by atoms with Crippen LogP contribution in [-0.4, -0.2) is 50.8 Å². The van der Waals surface area contributed by atoms with Gasteiger partial charge in [-0.25, -0.2) is 4.79 Å². The van der Waals surface area contributed by atoms with E-state index in [0.29, 0.717) is 23.2 Å². The number of para-hydroxylation sites is 2. The Balaban J connectivity index is 1.26. The van der Waals surface area contributed by atoms with Gasteiger partial charge in [0.05, 0.1) is 12.8 Å². The third-order valence-electron chi connectivity index (χ3n) is 6.66. The van der Waals surface area contributed by atoms with Gasteiger partial charge in [0.25, 0.3) is 0 Å². The molecule has 1 aliphatic carbocycles. The van der Waals surface area contributed by atoms with Crippen LogP contribution in [0.3, 0.4) is 0 Å². The second-order valence-electron chi connectivity index (χ2n) is 8.40. The molecular formula is C20H29N3O2. The second-order valence-corrected chi connectivity index (χ2v) is 8.40. The van der Waals surface area contributed by atoms with Crippen LogP contribution in [0.5, 0.6) is 5.75 Å². The molecule has 2 heterocycles. The van der Waals surface area contributed by atoms with Crippen molar-refractivity contribution in [1.82, 2.24) is 10.2 Å². The second kappa shape index (κ2) is 6.11. The van der Waals surface area contributed by atoms with Crippen LogP contribution < -0.4 is 15.0 Å². The van der Waals surface area contributed by atoms with Gasteiger partial charge in [0.15, 0.2) is 0 Å². The Morgan fingerprint density at radius 3 is 2.68 bits per heavy atom. The molecule has 136 valence electrons. The van der Waals surface area contributed by atoms with E-state index in [2.05, 4.69) is 30.1 Å². The Kier molecular flexibility index (Phi) is 4.05. The van der Waals surface area contributed by atoms with Gasteiger partial charge in [0.1, 0.15) is 5.75 Å². The standard InChI is InChI=1S/C20H29N3O2/c1-20(2)15-12-23(13-16(15)20)19(24)21-10-14-8-9-22(11-14)17-6-4-5-7-18(17)25-3/h4-7,14-16H,8-13H2,1-3H3,(H,21,24)/t14-,15+,16+/m1/s1. The molecular weight excluding hydrogens is 314 g/mol. The number of methoxy groups -OCH3 is 1. The Morgan fingerprint density at radius 1 is 1.24 bits per heavy atom. The molecule has 5 nitrogen and oxygen atoms in total. The van der Waals surface area contributed by atoms with E-state index in [4.69, 9.17) is 4.74 Å². The zero-order chi connectivity index (χ0) is 17.6. The monoisotopic (exact) mass is 343 g/mol. The smallest absolute Gasteiger partial charge is 0.317 e. The molecule has 25 heavy (non-hydrogen) atoms. The molecule has 1 N–H and O–H groups in total. The van der Waals surface area contributed by atoms with Crippen LogP contribution in [0.15, 0.2) is 24.3 Å². The van der Waals surface area contributed by atoms with Gasteiger partial charge >= 0.3 is 6.03 Å². The molecule has 2 aliphatic heterocycles. The van der Waals surface area contributed by atoms with Gasteiger partial charge in [-0.15, -0.1) is 0 Å². The van der Waals surface area contributed by atoms with Crippen molar-refractivity contribution >= 4 is 11.7 Å². The Morgan fingerprint density at radius 2 is 1.96 bits per heavy atom. The fraction of sp³-hybridized carbons (Fsp3) is 0.650. The molecule has 0 unspecified atom stereocenters. The molecule has 2 amide bonds. The van der Waals surface area contributed by atoms with Gasteiger partial charge < -0.3 is 19.9 Å². The Hall–Kier alpha value is -1.91. The zero-order valence-electron chi connectivity index (χ0n) is 15.5. The quantitative estimate of drug-likeness (QED) is 0.914. The van der Waals surface area contributed by atoms with Crippen LogP contribution in [0, 0.1) is 23.2 Å². The van der Waals surface area contributed by atoms with Gasteiger partial charge in [-0.2, -0.15) is 0 Å². The minimum Gasteiger partial charge on any atom is -0.495 e. The summed E-state index contributed by atoms with van der Waals surface area (Å²) in [5.74, 6) is 2.85. The minimum atomic E-state index is 0.124. The van der Waals surface area contributed by atoms with Crippen molar-refractivity contribution in [2.45, 2.75) is 20.3 Å². The number of fused-ring (bicyclic) bond motifs is 1. The van der Waals surface area contributed by atoms with Crippen molar-refractivity contribution in [2.24, 2.45) is 23.2 Å². The largest absolute Gasteiger partial charge is 0.495 e. The first-order valence-corrected chi connectivity index (χ1v) is 9.41. The number of rotatable bonds is 4. The predicted molar refractivity (Wildman–Crippen MR) is 99.0 cm³/mol. The number of carbonyl (C=O) groups is 1. The van der Waals surface area contributed by atoms with Crippen molar-refractivity contribution in [2.75, 3.05) is 44.7 Å². The summed E-state index contributed by atoms with van der Waals surface area (Å²) < 4.78 is 5.47. The molecule has 1 saturated carbocycles. The first-order chi connectivity index (χ1) is 12.0. The van der Waals surface area contributed by atoms with Crippen LogP contribution in [0.1, 0.15) is 20.3 Å². The van der Waals surface area contributed by atoms with E-state index in [1.807, 2.05) is 23.1 Å². The van der Waals surface area contributed by atoms with Crippen molar-refractivity contribution in [1.29, 1.82) is 0 Å². The Labute approximate surface area is 150 Å². The molecule has 1 aromatic carbocycles. The minimum absolute atomic E-state index is 0.124. The highest BCUT2D eigenvalue weighted by Crippen LogP contribution is 2.61. The highest BCUT2D eigenvalue weighted by atomic mass is 16.5. The lowest BCUT2D eigenvalue weighted by Crippen LogP contribution is -2.42. The summed E-state index contributed by atoms with van der Waals surface area (Å²) >= 11 is 0. The predicted octanol–water partition coefficient (Wildman–Crippen LogP) is 2.82. The molecule has 3 fully saturated rings. The first kappa shape index (κ1) is 16.6. The maximum Gasteiger partial charge on any atom is 0.317 e. The van der Waals surface area contributed by atoms with Gasteiger partial charge in [-0.1, -0.05) is 26.0 Å². The molecule has 1 aromatic rings. The fourth-order valence-electron chi connectivity index (χ4n) is 4.75. The SMILES string of the molecule is COc1ccccc1N1CC[C@H](CNC(=O)N2C[C@H]3[C@H](C2)C3(C)C)C1. The molecule has 3 aliphatic rings. The number of hydrogen-bond acceptors (Lipinski definition) is 3. The van der Waals surface area contributed by atoms with E-state index < -0.39 is 0 Å². The van der Waals surface area contributed by atoms with E-state index in [0.717, 1.165) is 50.6 Å². The van der Waals surface area contributed by atoms with Crippen molar-refractivity contribution in [3.8, 4) is 5.75 Å². The average Bonchev–Trinajstić information content (AvgIpc) is 3.09. The molecule has 0 radical (unpaired) electrons. The number of piperidine rings is 1. The number of urea groups is 1. The summed E-state index contributed by atoms with van der Waals surface area (Å²) in [6.45, 7) is 9.26. The van der Waals surface area contributed by atoms with Crippen molar-refractivity contribution < 1.29 is 9.53 Å². The Bertz CT molecular complexity index is 646. The van der Waals surface area contributed by atoms with E-state index in [1.54, 1.807) is 7.11 Å². The van der Waals surface area contributed by atoms with Gasteiger partial charge in [-0.05, 0) is 41.7 Å². The first-order valence-electron chi connectivity index (χ1n) is 9.41. The van der Waals surface area contributed by atoms with Crippen LogP contribution in [0.4, 0.5) is 10.5 Å². The highest BCUT2D eigenvalue weighted by molar-refractivity contribution is 5.75. The number of carbonyl (C=O) groups excluding carboxylic acids is 1. The van der Waals surface area contributed by atoms with Crippen LogP contribution in [0.2, 0.25) is 0 Å². The normalized spacial score (nSPS) is 29.5. The van der Waals surface area contributed by atoms with Gasteiger partial charge in [-0.3, -0.25) is 0 Å². The molecule has 3 atom stereocenters. The number of benzene rings is 1. The highest BCUT2D eigenvalue weighted by Gasteiger charge is 2.62. The summed E-state index contributed by atoms with van der Waals surface area (Å²) in [5, 5.41) is 3.16. The molecule has 0 aromatic heterocycles. The molecule has 0 bridgehead atoms. The molecule has 5 heteroatoms. The van der Waals surface area contributed by atoms with Crippen LogP contribution in [0.25, 0.3) is 0 Å². The summed E-state index contributed by atoms with van der Waals surface area (Å²) in [5.41, 5.74) is 1.61. The molecule has 2 saturated heterocycles. The summed E-state index contributed by atoms with van der Waals surface area (Å²) in [6, 6.07) is 8.28. The lowest BCUT2D eigenvalue weighted by atomic mass is 10.1. The summed E-state index contributed by atoms with van der Waals surface area (Å²) in [4.78, 5) is 16.8. The number of nitrogens with zero attached hydrogens (tertiary/aromatic N) is 2. The number of nitrogens with one attached hydrogen (secondary N) is 1. The van der Waals surface area contributed by atoms with Crippen LogP contribution >= 0.6 is 0 Å². The number of amides is 2. The van der Waals surface area contributed by atoms with Crippen molar-refractivity contribution in [3.05, 3.63) is 24.3 Å². The van der Waals surface area contributed by atoms with E-state index in [-0.39, 0.29) is 6.03 Å². The van der Waals surface area contributed by atoms with E-state index in [1.165, 1.54) is 0 Å². The van der Waals surface area contributed by atoms with Crippen molar-refractivity contribution in [3.63, 3.8) is 0 Å². The maximum atomic E-state index is 12.4. The zero-order valence-corrected chi connectivity index (χ0v) is 15.5. The summed E-state index contributed by atoms with van der Waals surface area (Å²) in [7, 11) is 1.72. The fourth-order valence-corrected chi connectivity index (χ4v) is 4.75. The summed E-state index contributed by atoms with van der Waals surface area (Å²) in [6.07, 6.45) is 1.11. The lowest BCUT2D eigenvalue weighted by molar-refractivity contribution is 0.194. The average molecular weight is 343 g/mol. The van der Waals surface area contributed by atoms with E-state index in [9.17, 15) is 4.79 Å². The van der Waals surface area contributed by atoms with E-state index >= 15 is 0 Å². The lowest BCUT2D eigenvalue weighted by Gasteiger charge is -2.24. The maximum absolute atomic E-state index is 12.4.